The zero-order chi connectivity index (χ0) is 24.6. The Morgan fingerprint density at radius 2 is 1.78 bits per heavy atom. The minimum atomic E-state index is -0.102. The van der Waals surface area contributed by atoms with Crippen molar-refractivity contribution in [3.8, 4) is 11.5 Å². The van der Waals surface area contributed by atoms with Crippen molar-refractivity contribution in [3.05, 3.63) is 110 Å². The van der Waals surface area contributed by atoms with Crippen LogP contribution in [0.4, 0.5) is 0 Å². The quantitative estimate of drug-likeness (QED) is 0.265. The molecule has 0 aliphatic heterocycles. The van der Waals surface area contributed by atoms with Crippen molar-refractivity contribution in [3.63, 3.8) is 0 Å². The second-order valence-electron chi connectivity index (χ2n) is 8.37. The van der Waals surface area contributed by atoms with E-state index in [1.165, 1.54) is 16.7 Å². The maximum absolute atomic E-state index is 13.1. The second-order valence-corrected chi connectivity index (χ2v) is 9.78. The Kier molecular flexibility index (Phi) is 5.83. The molecule has 0 fully saturated rings. The van der Waals surface area contributed by atoms with Gasteiger partial charge in [0.05, 0.1) is 27.2 Å². The van der Waals surface area contributed by atoms with Crippen molar-refractivity contribution in [2.24, 2.45) is 0 Å². The van der Waals surface area contributed by atoms with Gasteiger partial charge in [0, 0.05) is 0 Å². The number of ether oxygens (including phenoxy) is 2. The zero-order valence-corrected chi connectivity index (χ0v) is 21.0. The van der Waals surface area contributed by atoms with Crippen LogP contribution >= 0.6 is 22.9 Å². The molecule has 178 valence electrons. The van der Waals surface area contributed by atoms with Crippen molar-refractivity contribution in [2.45, 2.75) is 13.5 Å². The van der Waals surface area contributed by atoms with Gasteiger partial charge in [-0.25, -0.2) is 9.38 Å². The Morgan fingerprint density at radius 1 is 0.972 bits per heavy atom. The molecule has 0 spiro atoms. The van der Waals surface area contributed by atoms with Gasteiger partial charge in [-0.2, -0.15) is 0 Å². The molecule has 0 amide bonds. The van der Waals surface area contributed by atoms with Gasteiger partial charge < -0.3 is 9.47 Å². The van der Waals surface area contributed by atoms with Gasteiger partial charge in [0.1, 0.15) is 6.61 Å². The molecular weight excluding hydrogens is 492 g/mol. The van der Waals surface area contributed by atoms with E-state index in [1.54, 1.807) is 10.5 Å². The molecule has 36 heavy (non-hydrogen) atoms. The summed E-state index contributed by atoms with van der Waals surface area (Å²) in [6.07, 6.45) is 1.82. The molecule has 0 atom stereocenters. The van der Waals surface area contributed by atoms with E-state index in [-0.39, 0.29) is 5.56 Å². The normalized spacial score (nSPS) is 12.1. The first kappa shape index (κ1) is 22.6. The van der Waals surface area contributed by atoms with Crippen LogP contribution < -0.4 is 19.6 Å². The highest BCUT2D eigenvalue weighted by atomic mass is 35.5. The van der Waals surface area contributed by atoms with Gasteiger partial charge in [-0.15, -0.1) is 0 Å². The van der Waals surface area contributed by atoms with E-state index in [4.69, 9.17) is 21.1 Å². The molecule has 5 nitrogen and oxygen atoms in total. The number of halogens is 1. The predicted octanol–water partition coefficient (Wildman–Crippen LogP) is 6.24. The molecule has 0 aliphatic carbocycles. The molecule has 2 heterocycles. The first-order valence-corrected chi connectivity index (χ1v) is 12.8. The fraction of sp³-hybridized carbons (Fsp3) is 0.103. The SMILES string of the molecule is CCOc1cc(/C=c2\sc3nc4ccccc4n3c2=O)cc(Cl)c1OCc1ccc2ccccc2c1. The first-order valence-electron chi connectivity index (χ1n) is 11.6. The number of nitrogens with zero attached hydrogens (tertiary/aromatic N) is 2. The summed E-state index contributed by atoms with van der Waals surface area (Å²) in [6, 6.07) is 25.7. The lowest BCUT2D eigenvalue weighted by atomic mass is 10.1. The second kappa shape index (κ2) is 9.30. The molecule has 7 heteroatoms. The molecule has 0 saturated carbocycles. The van der Waals surface area contributed by atoms with Gasteiger partial charge in [0.15, 0.2) is 16.5 Å². The minimum Gasteiger partial charge on any atom is -0.490 e. The lowest BCUT2D eigenvalue weighted by molar-refractivity contribution is 0.269. The van der Waals surface area contributed by atoms with Crippen LogP contribution in [0.1, 0.15) is 18.1 Å². The molecule has 4 aromatic carbocycles. The van der Waals surface area contributed by atoms with Crippen molar-refractivity contribution in [1.29, 1.82) is 0 Å². The number of thiazole rings is 1. The molecule has 0 radical (unpaired) electrons. The number of hydrogen-bond acceptors (Lipinski definition) is 5. The summed E-state index contributed by atoms with van der Waals surface area (Å²) in [6.45, 7) is 2.72. The highest BCUT2D eigenvalue weighted by Crippen LogP contribution is 2.37. The number of fused-ring (bicyclic) bond motifs is 4. The molecule has 0 bridgehead atoms. The monoisotopic (exact) mass is 512 g/mol. The average molecular weight is 513 g/mol. The topological polar surface area (TPSA) is 52.8 Å². The highest BCUT2D eigenvalue weighted by molar-refractivity contribution is 7.15. The Morgan fingerprint density at radius 3 is 2.64 bits per heavy atom. The van der Waals surface area contributed by atoms with Crippen LogP contribution in [0.25, 0.3) is 32.8 Å². The molecule has 0 saturated heterocycles. The average Bonchev–Trinajstić information content (AvgIpc) is 3.39. The van der Waals surface area contributed by atoms with Crippen LogP contribution in [0.15, 0.2) is 83.7 Å². The maximum atomic E-state index is 13.1. The lowest BCUT2D eigenvalue weighted by Crippen LogP contribution is -2.22. The summed E-state index contributed by atoms with van der Waals surface area (Å²) in [7, 11) is 0. The van der Waals surface area contributed by atoms with Crippen molar-refractivity contribution < 1.29 is 9.47 Å². The maximum Gasteiger partial charge on any atom is 0.274 e. The number of imidazole rings is 1. The summed E-state index contributed by atoms with van der Waals surface area (Å²) in [5.74, 6) is 1.02. The van der Waals surface area contributed by atoms with Crippen LogP contribution in [0.3, 0.4) is 0 Å². The van der Waals surface area contributed by atoms with E-state index in [0.29, 0.717) is 39.2 Å². The van der Waals surface area contributed by atoms with Gasteiger partial charge >= 0.3 is 0 Å². The van der Waals surface area contributed by atoms with E-state index in [9.17, 15) is 4.79 Å². The van der Waals surface area contributed by atoms with Crippen molar-refractivity contribution in [1.82, 2.24) is 9.38 Å². The van der Waals surface area contributed by atoms with E-state index in [0.717, 1.165) is 27.5 Å². The number of para-hydroxylation sites is 2. The third kappa shape index (κ3) is 4.08. The summed E-state index contributed by atoms with van der Waals surface area (Å²) >= 11 is 8.01. The van der Waals surface area contributed by atoms with Crippen LogP contribution in [-0.2, 0) is 6.61 Å². The smallest absolute Gasteiger partial charge is 0.274 e. The van der Waals surface area contributed by atoms with Crippen LogP contribution in [0.5, 0.6) is 11.5 Å². The molecule has 0 N–H and O–H groups in total. The minimum absolute atomic E-state index is 0.102. The number of benzene rings is 4. The van der Waals surface area contributed by atoms with E-state index >= 15 is 0 Å². The Labute approximate surface area is 215 Å². The van der Waals surface area contributed by atoms with Crippen LogP contribution in [0.2, 0.25) is 5.02 Å². The number of rotatable bonds is 6. The van der Waals surface area contributed by atoms with E-state index in [1.807, 2.05) is 61.5 Å². The van der Waals surface area contributed by atoms with Crippen LogP contribution in [-0.4, -0.2) is 16.0 Å². The molecule has 0 aliphatic rings. The van der Waals surface area contributed by atoms with Gasteiger partial charge in [-0.3, -0.25) is 4.79 Å². The molecular formula is C29H21ClN2O3S. The summed E-state index contributed by atoms with van der Waals surface area (Å²) < 4.78 is 14.2. The Balaban J connectivity index is 1.35. The van der Waals surface area contributed by atoms with Crippen molar-refractivity contribution in [2.75, 3.05) is 6.61 Å². The van der Waals surface area contributed by atoms with E-state index in [2.05, 4.69) is 29.2 Å². The molecule has 2 aromatic heterocycles. The lowest BCUT2D eigenvalue weighted by Gasteiger charge is -2.15. The zero-order valence-electron chi connectivity index (χ0n) is 19.4. The highest BCUT2D eigenvalue weighted by Gasteiger charge is 2.14. The Bertz CT molecular complexity index is 1860. The fourth-order valence-corrected chi connectivity index (χ4v) is 5.58. The van der Waals surface area contributed by atoms with Gasteiger partial charge in [-0.05, 0) is 65.2 Å². The third-order valence-electron chi connectivity index (χ3n) is 5.97. The van der Waals surface area contributed by atoms with Gasteiger partial charge in [-0.1, -0.05) is 71.5 Å². The predicted molar refractivity (Wildman–Crippen MR) is 147 cm³/mol. The molecule has 6 rings (SSSR count). The third-order valence-corrected chi connectivity index (χ3v) is 7.22. The molecule has 0 unspecified atom stereocenters. The summed E-state index contributed by atoms with van der Waals surface area (Å²) in [4.78, 5) is 18.4. The number of aromatic nitrogens is 2. The Hall–Kier alpha value is -3.87. The molecule has 6 aromatic rings. The van der Waals surface area contributed by atoms with E-state index < -0.39 is 0 Å². The largest absolute Gasteiger partial charge is 0.490 e. The standard InChI is InChI=1S/C29H21ClN2O3S/c1-2-34-25-15-19(16-26-28(33)32-24-10-6-5-9-23(24)31-29(32)36-26)14-22(30)27(25)35-17-18-11-12-20-7-3-4-8-21(20)13-18/h3-16H,2,17H2,1H3/b26-16-. The van der Waals surface area contributed by atoms with Gasteiger partial charge in [0.25, 0.3) is 5.56 Å². The van der Waals surface area contributed by atoms with Crippen LogP contribution in [0, 0.1) is 0 Å². The first-order chi connectivity index (χ1) is 17.6. The number of hydrogen-bond donors (Lipinski definition) is 0. The summed E-state index contributed by atoms with van der Waals surface area (Å²) in [5.41, 5.74) is 3.30. The summed E-state index contributed by atoms with van der Waals surface area (Å²) in [5, 5.41) is 2.76. The van der Waals surface area contributed by atoms with Crippen molar-refractivity contribution >= 4 is 55.8 Å². The fourth-order valence-electron chi connectivity index (χ4n) is 4.32. The van der Waals surface area contributed by atoms with Gasteiger partial charge in [0.2, 0.25) is 0 Å².